The van der Waals surface area contributed by atoms with E-state index in [0.29, 0.717) is 23.8 Å². The zero-order chi connectivity index (χ0) is 33.2. The van der Waals surface area contributed by atoms with Crippen molar-refractivity contribution in [2.24, 2.45) is 51.8 Å². The number of carbonyl (C=O) groups excluding carboxylic acids is 1. The Balaban J connectivity index is 1.75. The molecule has 10 atom stereocenters. The van der Waals surface area contributed by atoms with Crippen LogP contribution in [0.15, 0.2) is 47.7 Å². The number of rotatable bonds is 8. The van der Waals surface area contributed by atoms with E-state index in [2.05, 4.69) is 96.9 Å². The number of allylic oxidation sites excluding steroid dienone is 6. The quantitative estimate of drug-likeness (QED) is 0.236. The average molecular weight is 621 g/mol. The van der Waals surface area contributed by atoms with Crippen molar-refractivity contribution in [3.63, 3.8) is 0 Å². The van der Waals surface area contributed by atoms with E-state index >= 15 is 0 Å². The van der Waals surface area contributed by atoms with Crippen molar-refractivity contribution in [2.45, 2.75) is 132 Å². The van der Waals surface area contributed by atoms with Gasteiger partial charge in [-0.3, -0.25) is 9.59 Å². The number of hydrogen-bond acceptors (Lipinski definition) is 3. The third-order valence-electron chi connectivity index (χ3n) is 13.9. The maximum Gasteiger partial charge on any atom is 0.322 e. The van der Waals surface area contributed by atoms with Crippen LogP contribution in [0.2, 0.25) is 0 Å². The fourth-order valence-corrected chi connectivity index (χ4v) is 11.1. The van der Waals surface area contributed by atoms with E-state index in [1.807, 2.05) is 0 Å². The van der Waals surface area contributed by atoms with Crippen LogP contribution in [0.4, 0.5) is 0 Å². The summed E-state index contributed by atoms with van der Waals surface area (Å²) in [5, 5.41) is 15.9. The zero-order valence-corrected chi connectivity index (χ0v) is 29.8. The molecule has 4 rings (SSSR count). The number of fused-ring (bicyclic) bond motifs is 3. The van der Waals surface area contributed by atoms with Gasteiger partial charge < -0.3 is 15.7 Å². The molecule has 5 heteroatoms. The first kappa shape index (κ1) is 35.6. The fraction of sp³-hybridized carbons (Fsp3) is 0.750. The third kappa shape index (κ3) is 6.89. The Morgan fingerprint density at radius 2 is 1.78 bits per heavy atom. The molecule has 5 unspecified atom stereocenters. The van der Waals surface area contributed by atoms with Gasteiger partial charge in [-0.25, -0.2) is 0 Å². The van der Waals surface area contributed by atoms with E-state index in [9.17, 15) is 14.7 Å². The summed E-state index contributed by atoms with van der Waals surface area (Å²) in [5.41, 5.74) is 4.51. The highest BCUT2D eigenvalue weighted by atomic mass is 16.4. The molecule has 3 saturated carbocycles. The summed E-state index contributed by atoms with van der Waals surface area (Å²) in [6.45, 7) is 23.5. The molecular weight excluding hydrogens is 556 g/mol. The molecular formula is C40H64N2O3. The lowest BCUT2D eigenvalue weighted by molar-refractivity contribution is -0.171. The molecule has 0 radical (unpaired) electrons. The van der Waals surface area contributed by atoms with Crippen molar-refractivity contribution >= 4 is 11.9 Å². The summed E-state index contributed by atoms with van der Waals surface area (Å²) in [4.78, 5) is 25.1. The Morgan fingerprint density at radius 3 is 2.44 bits per heavy atom. The largest absolute Gasteiger partial charge is 0.480 e. The predicted molar refractivity (Wildman–Crippen MR) is 186 cm³/mol. The molecule has 45 heavy (non-hydrogen) atoms. The Labute approximate surface area is 274 Å². The molecule has 3 aliphatic carbocycles. The summed E-state index contributed by atoms with van der Waals surface area (Å²) in [6.07, 6.45) is 21.3. The molecule has 252 valence electrons. The Morgan fingerprint density at radius 1 is 1.07 bits per heavy atom. The van der Waals surface area contributed by atoms with Crippen LogP contribution in [-0.4, -0.2) is 29.6 Å². The van der Waals surface area contributed by atoms with Crippen LogP contribution in [0.1, 0.15) is 126 Å². The van der Waals surface area contributed by atoms with Crippen molar-refractivity contribution < 1.29 is 14.7 Å². The van der Waals surface area contributed by atoms with Crippen molar-refractivity contribution in [3.05, 3.63) is 47.7 Å². The first-order chi connectivity index (χ1) is 21.2. The second-order valence-electron chi connectivity index (χ2n) is 16.2. The summed E-state index contributed by atoms with van der Waals surface area (Å²) in [5.74, 6) is 0.882. The number of hydrogen-bond donors (Lipinski definition) is 3. The molecule has 1 heterocycles. The summed E-state index contributed by atoms with van der Waals surface area (Å²) in [7, 11) is 0. The third-order valence-corrected chi connectivity index (χ3v) is 13.9. The molecule has 1 amide bonds. The van der Waals surface area contributed by atoms with Gasteiger partial charge in [0, 0.05) is 17.7 Å². The van der Waals surface area contributed by atoms with E-state index in [0.717, 1.165) is 44.9 Å². The SMILES string of the molecule is C=C(C)[C@H](CC)C1C2CCCC3[C@@](C)(C/C4=C(\C)NC(C)/C=C\C/C=C\C4)C(C)CC[C@@]3(C)[C@]2(C)CC[C@@H]1C(=O)NCC(=O)O. The number of amides is 1. The van der Waals surface area contributed by atoms with Crippen LogP contribution in [0.5, 0.6) is 0 Å². The van der Waals surface area contributed by atoms with Gasteiger partial charge in [0.15, 0.2) is 0 Å². The van der Waals surface area contributed by atoms with Crippen molar-refractivity contribution in [2.75, 3.05) is 6.54 Å². The maximum absolute atomic E-state index is 13.7. The zero-order valence-electron chi connectivity index (χ0n) is 29.8. The second-order valence-corrected chi connectivity index (χ2v) is 16.2. The van der Waals surface area contributed by atoms with Gasteiger partial charge in [-0.15, -0.1) is 0 Å². The van der Waals surface area contributed by atoms with E-state index in [1.54, 1.807) is 5.57 Å². The predicted octanol–water partition coefficient (Wildman–Crippen LogP) is 9.23. The van der Waals surface area contributed by atoms with Gasteiger partial charge in [-0.2, -0.15) is 0 Å². The molecule has 0 aromatic heterocycles. The number of carbonyl (C=O) groups is 2. The molecule has 0 saturated heterocycles. The highest BCUT2D eigenvalue weighted by Crippen LogP contribution is 2.71. The first-order valence-corrected chi connectivity index (χ1v) is 18.1. The van der Waals surface area contributed by atoms with Crippen LogP contribution in [-0.2, 0) is 9.59 Å². The minimum atomic E-state index is -0.981. The molecule has 0 spiro atoms. The van der Waals surface area contributed by atoms with Gasteiger partial charge in [0.1, 0.15) is 6.54 Å². The standard InChI is InChI=1S/C40H64N2O3/c1-10-31(26(2)3)36-32(37(45)41-25-35(43)44)21-23-39(8)33(36)18-15-19-34-38(7,27(4)20-22-40(34,39)9)24-30-17-14-12-11-13-16-28(5)42-29(30)6/h12-14,16,27-28,31-34,36,42H,2,10-11,15,17-25H2,1,3-9H3,(H,41,45)(H,43,44)/b14-12-,16-13-,30-29+/t27?,28?,31-,32-,33?,34?,36?,38-,39+,40+/m0/s1. The minimum Gasteiger partial charge on any atom is -0.480 e. The van der Waals surface area contributed by atoms with E-state index in [4.69, 9.17) is 0 Å². The van der Waals surface area contributed by atoms with Crippen molar-refractivity contribution in [1.82, 2.24) is 10.6 Å². The smallest absolute Gasteiger partial charge is 0.322 e. The van der Waals surface area contributed by atoms with E-state index < -0.39 is 5.97 Å². The van der Waals surface area contributed by atoms with Gasteiger partial charge in [0.05, 0.1) is 0 Å². The molecule has 0 aromatic rings. The number of aliphatic carboxylic acids is 1. The molecule has 4 aliphatic rings. The second kappa shape index (κ2) is 14.2. The van der Waals surface area contributed by atoms with Gasteiger partial charge in [0.2, 0.25) is 5.91 Å². The summed E-state index contributed by atoms with van der Waals surface area (Å²) >= 11 is 0. The average Bonchev–Trinajstić information content (AvgIpc) is 3.09. The molecule has 0 aromatic carbocycles. The molecule has 5 nitrogen and oxygen atoms in total. The lowest BCUT2D eigenvalue weighted by Crippen LogP contribution is -2.60. The monoisotopic (exact) mass is 620 g/mol. The van der Waals surface area contributed by atoms with Crippen LogP contribution in [0.25, 0.3) is 0 Å². The van der Waals surface area contributed by atoms with Gasteiger partial charge in [-0.1, -0.05) is 77.5 Å². The van der Waals surface area contributed by atoms with Crippen molar-refractivity contribution in [3.8, 4) is 0 Å². The topological polar surface area (TPSA) is 78.4 Å². The lowest BCUT2D eigenvalue weighted by Gasteiger charge is -2.65. The maximum atomic E-state index is 13.7. The molecule has 1 aliphatic heterocycles. The van der Waals surface area contributed by atoms with Gasteiger partial charge >= 0.3 is 5.97 Å². The Hall–Kier alpha value is -2.30. The number of carboxylic acid groups (broad SMARTS) is 1. The minimum absolute atomic E-state index is 0.0692. The normalized spacial score (nSPS) is 42.5. The molecule has 0 bridgehead atoms. The highest BCUT2D eigenvalue weighted by molar-refractivity contribution is 5.83. The van der Waals surface area contributed by atoms with Gasteiger partial charge in [-0.05, 0) is 136 Å². The number of nitrogens with one attached hydrogen (secondary N) is 2. The van der Waals surface area contributed by atoms with Crippen LogP contribution >= 0.6 is 0 Å². The Bertz CT molecular complexity index is 1200. The van der Waals surface area contributed by atoms with Crippen LogP contribution < -0.4 is 10.6 Å². The van der Waals surface area contributed by atoms with Crippen LogP contribution in [0, 0.1) is 51.8 Å². The summed E-state index contributed by atoms with van der Waals surface area (Å²) in [6, 6.07) is 0.325. The van der Waals surface area contributed by atoms with E-state index in [1.165, 1.54) is 37.0 Å². The van der Waals surface area contributed by atoms with Crippen LogP contribution in [0.3, 0.4) is 0 Å². The molecule has 3 N–H and O–H groups in total. The number of carboxylic acids is 1. The Kier molecular flexibility index (Phi) is 11.2. The lowest BCUT2D eigenvalue weighted by atomic mass is 9.39. The van der Waals surface area contributed by atoms with Crippen molar-refractivity contribution in [1.29, 1.82) is 0 Å². The highest BCUT2D eigenvalue weighted by Gasteiger charge is 2.64. The summed E-state index contributed by atoms with van der Waals surface area (Å²) < 4.78 is 0. The fourth-order valence-electron chi connectivity index (χ4n) is 11.1. The first-order valence-electron chi connectivity index (χ1n) is 18.1. The molecule has 3 fully saturated rings. The van der Waals surface area contributed by atoms with Gasteiger partial charge in [0.25, 0.3) is 0 Å². The van der Waals surface area contributed by atoms with E-state index in [-0.39, 0.29) is 46.5 Å².